The molecule has 0 spiro atoms. The van der Waals surface area contributed by atoms with E-state index in [-0.39, 0.29) is 6.04 Å². The zero-order chi connectivity index (χ0) is 13.8. The number of nitrogens with one attached hydrogen (secondary N) is 1. The molecule has 0 amide bonds. The molecule has 0 aliphatic rings. The highest BCUT2D eigenvalue weighted by Crippen LogP contribution is 2.28. The summed E-state index contributed by atoms with van der Waals surface area (Å²) in [6, 6.07) is 9.77. The van der Waals surface area contributed by atoms with Crippen molar-refractivity contribution in [3.8, 4) is 0 Å². The summed E-state index contributed by atoms with van der Waals surface area (Å²) in [5.74, 6) is 1.68. The van der Waals surface area contributed by atoms with Crippen molar-refractivity contribution in [2.75, 3.05) is 14.2 Å². The molecule has 1 heterocycles. The predicted molar refractivity (Wildman–Crippen MR) is 76.5 cm³/mol. The molecule has 1 unspecified atom stereocenters. The zero-order valence-corrected chi connectivity index (χ0v) is 12.1. The lowest BCUT2D eigenvalue weighted by molar-refractivity contribution is 0.162. The van der Waals surface area contributed by atoms with Crippen molar-refractivity contribution >= 4 is 11.6 Å². The van der Waals surface area contributed by atoms with Crippen LogP contribution in [0.3, 0.4) is 0 Å². The monoisotopic (exact) mass is 279 g/mol. The van der Waals surface area contributed by atoms with Gasteiger partial charge in [0.15, 0.2) is 0 Å². The van der Waals surface area contributed by atoms with Crippen LogP contribution in [-0.4, -0.2) is 14.2 Å². The van der Waals surface area contributed by atoms with E-state index in [0.717, 1.165) is 22.1 Å². The summed E-state index contributed by atoms with van der Waals surface area (Å²) in [4.78, 5) is 0. The van der Waals surface area contributed by atoms with Gasteiger partial charge in [0.1, 0.15) is 18.1 Å². The number of hydrogen-bond acceptors (Lipinski definition) is 3. The number of halogens is 1. The lowest BCUT2D eigenvalue weighted by Crippen LogP contribution is -2.18. The van der Waals surface area contributed by atoms with Crippen molar-refractivity contribution < 1.29 is 9.15 Å². The summed E-state index contributed by atoms with van der Waals surface area (Å²) in [7, 11) is 3.56. The molecule has 0 saturated carbocycles. The predicted octanol–water partition coefficient (Wildman–Crippen LogP) is 3.70. The van der Waals surface area contributed by atoms with Gasteiger partial charge in [-0.25, -0.2) is 0 Å². The van der Waals surface area contributed by atoms with Crippen molar-refractivity contribution in [2.45, 2.75) is 19.6 Å². The minimum absolute atomic E-state index is 0.00990. The molecule has 1 aromatic carbocycles. The van der Waals surface area contributed by atoms with Gasteiger partial charge in [0, 0.05) is 12.1 Å². The summed E-state index contributed by atoms with van der Waals surface area (Å²) in [6.45, 7) is 2.54. The summed E-state index contributed by atoms with van der Waals surface area (Å²) in [5, 5.41) is 3.99. The first kappa shape index (κ1) is 14.1. The van der Waals surface area contributed by atoms with E-state index < -0.39 is 0 Å². The molecule has 1 atom stereocenters. The van der Waals surface area contributed by atoms with Crippen LogP contribution in [0.15, 0.2) is 34.7 Å². The molecule has 0 aliphatic carbocycles. The molecule has 1 N–H and O–H groups in total. The molecule has 2 rings (SSSR count). The molecule has 19 heavy (non-hydrogen) atoms. The highest BCUT2D eigenvalue weighted by atomic mass is 35.5. The van der Waals surface area contributed by atoms with Gasteiger partial charge < -0.3 is 14.5 Å². The van der Waals surface area contributed by atoms with Gasteiger partial charge in [0.25, 0.3) is 0 Å². The SMILES string of the molecule is CNC(c1ccc(COC)o1)c1cc(Cl)ccc1C. The standard InChI is InChI=1S/C15H18ClNO2/c1-10-4-5-11(16)8-13(10)15(17-2)14-7-6-12(19-14)9-18-3/h4-8,15,17H,9H2,1-3H3. The summed E-state index contributed by atoms with van der Waals surface area (Å²) >= 11 is 6.08. The Morgan fingerprint density at radius 1 is 1.32 bits per heavy atom. The second kappa shape index (κ2) is 6.24. The number of furan rings is 1. The number of rotatable bonds is 5. The van der Waals surface area contributed by atoms with Crippen LogP contribution in [0, 0.1) is 6.92 Å². The molecule has 3 nitrogen and oxygen atoms in total. The fourth-order valence-electron chi connectivity index (χ4n) is 2.14. The first-order valence-corrected chi connectivity index (χ1v) is 6.54. The largest absolute Gasteiger partial charge is 0.462 e. The van der Waals surface area contributed by atoms with Crippen molar-refractivity contribution in [2.24, 2.45) is 0 Å². The van der Waals surface area contributed by atoms with Gasteiger partial charge in [-0.05, 0) is 49.4 Å². The zero-order valence-electron chi connectivity index (χ0n) is 11.4. The fraction of sp³-hybridized carbons (Fsp3) is 0.333. The third kappa shape index (κ3) is 3.18. The second-order valence-corrected chi connectivity index (χ2v) is 4.90. The normalized spacial score (nSPS) is 12.6. The molecule has 2 aromatic rings. The van der Waals surface area contributed by atoms with Crippen molar-refractivity contribution in [3.05, 3.63) is 58.0 Å². The quantitative estimate of drug-likeness (QED) is 0.906. The van der Waals surface area contributed by atoms with E-state index >= 15 is 0 Å². The van der Waals surface area contributed by atoms with Crippen LogP contribution in [-0.2, 0) is 11.3 Å². The van der Waals surface area contributed by atoms with Crippen LogP contribution in [0.4, 0.5) is 0 Å². The molecule has 4 heteroatoms. The Hall–Kier alpha value is -1.29. The Balaban J connectivity index is 2.35. The van der Waals surface area contributed by atoms with E-state index in [9.17, 15) is 0 Å². The lowest BCUT2D eigenvalue weighted by atomic mass is 9.99. The topological polar surface area (TPSA) is 34.4 Å². The van der Waals surface area contributed by atoms with Crippen molar-refractivity contribution in [1.29, 1.82) is 0 Å². The maximum absolute atomic E-state index is 6.08. The van der Waals surface area contributed by atoms with E-state index in [1.165, 1.54) is 5.56 Å². The molecule has 0 fully saturated rings. The number of ether oxygens (including phenoxy) is 1. The third-order valence-electron chi connectivity index (χ3n) is 3.09. The minimum Gasteiger partial charge on any atom is -0.462 e. The van der Waals surface area contributed by atoms with Gasteiger partial charge in [0.05, 0.1) is 6.04 Å². The van der Waals surface area contributed by atoms with Crippen LogP contribution in [0.25, 0.3) is 0 Å². The molecular formula is C15H18ClNO2. The van der Waals surface area contributed by atoms with Crippen LogP contribution in [0.1, 0.15) is 28.7 Å². The van der Waals surface area contributed by atoms with Crippen LogP contribution < -0.4 is 5.32 Å². The van der Waals surface area contributed by atoms with Gasteiger partial charge in [0.2, 0.25) is 0 Å². The Labute approximate surface area is 118 Å². The summed E-state index contributed by atoms with van der Waals surface area (Å²) in [6.07, 6.45) is 0. The van der Waals surface area contributed by atoms with E-state index in [2.05, 4.69) is 12.2 Å². The first-order chi connectivity index (χ1) is 9.15. The maximum Gasteiger partial charge on any atom is 0.129 e. The van der Waals surface area contributed by atoms with Gasteiger partial charge in [-0.3, -0.25) is 0 Å². The molecule has 0 saturated heterocycles. The molecular weight excluding hydrogens is 262 g/mol. The van der Waals surface area contributed by atoms with Gasteiger partial charge >= 0.3 is 0 Å². The molecule has 102 valence electrons. The van der Waals surface area contributed by atoms with E-state index in [0.29, 0.717) is 6.61 Å². The van der Waals surface area contributed by atoms with Crippen LogP contribution in [0.2, 0.25) is 5.02 Å². The maximum atomic E-state index is 6.08. The van der Waals surface area contributed by atoms with Crippen LogP contribution >= 0.6 is 11.6 Å². The fourth-order valence-corrected chi connectivity index (χ4v) is 2.32. The Kier molecular flexibility index (Phi) is 4.64. The Morgan fingerprint density at radius 3 is 2.79 bits per heavy atom. The highest BCUT2D eigenvalue weighted by molar-refractivity contribution is 6.30. The third-order valence-corrected chi connectivity index (χ3v) is 3.33. The highest BCUT2D eigenvalue weighted by Gasteiger charge is 2.18. The minimum atomic E-state index is -0.00990. The van der Waals surface area contributed by atoms with Gasteiger partial charge in [-0.1, -0.05) is 17.7 Å². The number of aryl methyl sites for hydroxylation is 1. The average molecular weight is 280 g/mol. The number of hydrogen-bond donors (Lipinski definition) is 1. The van der Waals surface area contributed by atoms with E-state index in [1.807, 2.05) is 37.4 Å². The van der Waals surface area contributed by atoms with Gasteiger partial charge in [-0.15, -0.1) is 0 Å². The summed E-state index contributed by atoms with van der Waals surface area (Å²) in [5.41, 5.74) is 2.29. The van der Waals surface area contributed by atoms with Crippen molar-refractivity contribution in [1.82, 2.24) is 5.32 Å². The number of benzene rings is 1. The average Bonchev–Trinajstić information content (AvgIpc) is 2.83. The smallest absolute Gasteiger partial charge is 0.129 e. The van der Waals surface area contributed by atoms with Crippen LogP contribution in [0.5, 0.6) is 0 Å². The molecule has 0 aliphatic heterocycles. The summed E-state index contributed by atoms with van der Waals surface area (Å²) < 4.78 is 10.9. The van der Waals surface area contributed by atoms with E-state index in [4.69, 9.17) is 20.8 Å². The van der Waals surface area contributed by atoms with E-state index in [1.54, 1.807) is 7.11 Å². The lowest BCUT2D eigenvalue weighted by Gasteiger charge is -2.17. The van der Waals surface area contributed by atoms with Crippen molar-refractivity contribution in [3.63, 3.8) is 0 Å². The molecule has 0 bridgehead atoms. The Bertz CT molecular complexity index is 551. The second-order valence-electron chi connectivity index (χ2n) is 4.46. The molecule has 0 radical (unpaired) electrons. The Morgan fingerprint density at radius 2 is 2.11 bits per heavy atom. The van der Waals surface area contributed by atoms with Gasteiger partial charge in [-0.2, -0.15) is 0 Å². The first-order valence-electron chi connectivity index (χ1n) is 6.16. The number of methoxy groups -OCH3 is 1. The molecule has 1 aromatic heterocycles.